The highest BCUT2D eigenvalue weighted by Gasteiger charge is 2.09. The van der Waals surface area contributed by atoms with E-state index in [9.17, 15) is 0 Å². The van der Waals surface area contributed by atoms with E-state index >= 15 is 0 Å². The van der Waals surface area contributed by atoms with Crippen LogP contribution in [0.5, 0.6) is 0 Å². The van der Waals surface area contributed by atoms with Crippen molar-refractivity contribution in [2.24, 2.45) is 0 Å². The van der Waals surface area contributed by atoms with Gasteiger partial charge in [0.2, 0.25) is 0 Å². The molecule has 0 saturated carbocycles. The number of rotatable bonds is 10. The summed E-state index contributed by atoms with van der Waals surface area (Å²) >= 11 is 0. The van der Waals surface area contributed by atoms with Crippen LogP contribution in [0, 0.1) is 0 Å². The van der Waals surface area contributed by atoms with Crippen molar-refractivity contribution in [3.8, 4) is 0 Å². The van der Waals surface area contributed by atoms with Crippen LogP contribution in [0.2, 0.25) is 0 Å². The van der Waals surface area contributed by atoms with Crippen molar-refractivity contribution in [1.29, 1.82) is 0 Å². The molecule has 20 heavy (non-hydrogen) atoms. The number of hydrogen-bond acceptors (Lipinski definition) is 2. The van der Waals surface area contributed by atoms with Crippen LogP contribution in [-0.2, 0) is 4.57 Å². The lowest BCUT2D eigenvalue weighted by atomic mass is 10.0. The highest BCUT2D eigenvalue weighted by molar-refractivity contribution is 7.45. The zero-order valence-electron chi connectivity index (χ0n) is 13.6. The van der Waals surface area contributed by atoms with Crippen LogP contribution in [0.4, 0.5) is 0 Å². The predicted octanol–water partition coefficient (Wildman–Crippen LogP) is 3.54. The van der Waals surface area contributed by atoms with Gasteiger partial charge < -0.3 is 19.6 Å². The Morgan fingerprint density at radius 3 is 1.65 bits per heavy atom. The molecule has 124 valence electrons. The van der Waals surface area contributed by atoms with E-state index in [0.717, 1.165) is 6.04 Å². The van der Waals surface area contributed by atoms with Crippen LogP contribution < -0.4 is 0 Å². The van der Waals surface area contributed by atoms with Gasteiger partial charge in [0, 0.05) is 6.04 Å². The van der Waals surface area contributed by atoms with Crippen molar-refractivity contribution < 1.29 is 19.2 Å². The lowest BCUT2D eigenvalue weighted by molar-refractivity contribution is 0.253. The topological polar surface area (TPSA) is 81.0 Å². The van der Waals surface area contributed by atoms with Crippen LogP contribution in [0.25, 0.3) is 0 Å². The van der Waals surface area contributed by atoms with Crippen LogP contribution in [0.1, 0.15) is 71.6 Å². The summed E-state index contributed by atoms with van der Waals surface area (Å²) in [5, 5.41) is 0. The van der Waals surface area contributed by atoms with E-state index in [1.807, 2.05) is 0 Å². The first-order valence-electron chi connectivity index (χ1n) is 7.67. The molecular weight excluding hydrogens is 277 g/mol. The highest BCUT2D eigenvalue weighted by Crippen LogP contribution is 2.25. The lowest BCUT2D eigenvalue weighted by Gasteiger charge is -2.24. The van der Waals surface area contributed by atoms with Gasteiger partial charge in [0.25, 0.3) is 0 Å². The van der Waals surface area contributed by atoms with Crippen molar-refractivity contribution in [1.82, 2.24) is 4.90 Å². The Kier molecular flexibility index (Phi) is 15.7. The van der Waals surface area contributed by atoms with Gasteiger partial charge in [-0.15, -0.1) is 0 Å². The van der Waals surface area contributed by atoms with E-state index in [1.54, 1.807) is 0 Å². The normalized spacial score (nSPS) is 13.0. The Hall–Kier alpha value is 0.0700. The first-order chi connectivity index (χ1) is 9.22. The molecule has 0 radical (unpaired) electrons. The SMILES string of the molecule is CCCCCCCC(CCCC)N(C)C.O=P(O)(O)O. The van der Waals surface area contributed by atoms with E-state index in [0.29, 0.717) is 0 Å². The largest absolute Gasteiger partial charge is 0.466 e. The third-order valence-corrected chi connectivity index (χ3v) is 3.26. The Balaban J connectivity index is 0. The third kappa shape index (κ3) is 23.2. The van der Waals surface area contributed by atoms with Crippen molar-refractivity contribution in [2.45, 2.75) is 77.7 Å². The maximum atomic E-state index is 8.88. The molecule has 6 heteroatoms. The van der Waals surface area contributed by atoms with E-state index in [2.05, 4.69) is 32.8 Å². The van der Waals surface area contributed by atoms with E-state index in [4.69, 9.17) is 19.2 Å². The van der Waals surface area contributed by atoms with Gasteiger partial charge in [-0.2, -0.15) is 0 Å². The Morgan fingerprint density at radius 2 is 1.25 bits per heavy atom. The number of phosphoric acid groups is 1. The summed E-state index contributed by atoms with van der Waals surface area (Å²) in [4.78, 5) is 24.0. The fourth-order valence-electron chi connectivity index (χ4n) is 2.08. The average molecular weight is 311 g/mol. The Morgan fingerprint density at radius 1 is 0.850 bits per heavy atom. The molecule has 0 aromatic rings. The molecule has 0 aliphatic heterocycles. The van der Waals surface area contributed by atoms with E-state index < -0.39 is 7.82 Å². The minimum Gasteiger partial charge on any atom is -0.306 e. The Bertz CT molecular complexity index is 235. The second kappa shape index (κ2) is 14.0. The zero-order valence-corrected chi connectivity index (χ0v) is 14.5. The number of unbranched alkanes of at least 4 members (excludes halogenated alkanes) is 5. The predicted molar refractivity (Wildman–Crippen MR) is 84.6 cm³/mol. The summed E-state index contributed by atoms with van der Waals surface area (Å²) in [6, 6.07) is 0.826. The molecule has 0 fully saturated rings. The summed E-state index contributed by atoms with van der Waals surface area (Å²) in [5.74, 6) is 0. The second-order valence-electron chi connectivity index (χ2n) is 5.48. The molecule has 1 unspecified atom stereocenters. The minimum absolute atomic E-state index is 0.826. The van der Waals surface area contributed by atoms with Gasteiger partial charge in [0.05, 0.1) is 0 Å². The van der Waals surface area contributed by atoms with Crippen LogP contribution in [-0.4, -0.2) is 39.7 Å². The molecule has 0 aromatic heterocycles. The molecule has 0 amide bonds. The van der Waals surface area contributed by atoms with Gasteiger partial charge in [-0.3, -0.25) is 0 Å². The summed E-state index contributed by atoms with van der Waals surface area (Å²) < 4.78 is 8.88. The van der Waals surface area contributed by atoms with Crippen molar-refractivity contribution in [2.75, 3.05) is 14.1 Å². The summed E-state index contributed by atoms with van der Waals surface area (Å²) in [5.41, 5.74) is 0. The monoisotopic (exact) mass is 311 g/mol. The van der Waals surface area contributed by atoms with Gasteiger partial charge in [-0.1, -0.05) is 58.8 Å². The molecule has 0 aliphatic carbocycles. The average Bonchev–Trinajstić information content (AvgIpc) is 2.30. The molecule has 0 aliphatic rings. The van der Waals surface area contributed by atoms with Gasteiger partial charge in [-0.05, 0) is 26.9 Å². The lowest BCUT2D eigenvalue weighted by Crippen LogP contribution is -2.27. The number of hydrogen-bond donors (Lipinski definition) is 3. The molecule has 0 aromatic carbocycles. The van der Waals surface area contributed by atoms with Crippen molar-refractivity contribution in [3.63, 3.8) is 0 Å². The molecule has 1 atom stereocenters. The van der Waals surface area contributed by atoms with Crippen molar-refractivity contribution in [3.05, 3.63) is 0 Å². The van der Waals surface area contributed by atoms with Crippen LogP contribution in [0.15, 0.2) is 0 Å². The molecule has 0 spiro atoms. The van der Waals surface area contributed by atoms with Crippen LogP contribution >= 0.6 is 7.82 Å². The van der Waals surface area contributed by atoms with Gasteiger partial charge in [-0.25, -0.2) is 4.57 Å². The summed E-state index contributed by atoms with van der Waals surface area (Å²) in [6.45, 7) is 4.57. The molecule has 5 nitrogen and oxygen atoms in total. The second-order valence-corrected chi connectivity index (χ2v) is 6.50. The zero-order chi connectivity index (χ0) is 16.0. The maximum absolute atomic E-state index is 8.88. The van der Waals surface area contributed by atoms with Gasteiger partial charge in [0.15, 0.2) is 0 Å². The minimum atomic E-state index is -4.64. The van der Waals surface area contributed by atoms with Gasteiger partial charge in [0.1, 0.15) is 0 Å². The first-order valence-corrected chi connectivity index (χ1v) is 9.23. The molecule has 0 saturated heterocycles. The maximum Gasteiger partial charge on any atom is 0.466 e. The van der Waals surface area contributed by atoms with Crippen LogP contribution in [0.3, 0.4) is 0 Å². The standard InChI is InChI=1S/C14H31N.H3O4P/c1-5-7-9-10-11-13-14(15(3)4)12-8-6-2;1-5(2,3)4/h14H,5-13H2,1-4H3;(H3,1,2,3,4). The summed E-state index contributed by atoms with van der Waals surface area (Å²) in [6.07, 6.45) is 12.6. The quantitative estimate of drug-likeness (QED) is 0.425. The van der Waals surface area contributed by atoms with E-state index in [1.165, 1.54) is 57.8 Å². The fourth-order valence-corrected chi connectivity index (χ4v) is 2.08. The number of nitrogens with zero attached hydrogens (tertiary/aromatic N) is 1. The Labute approximate surface area is 124 Å². The van der Waals surface area contributed by atoms with Gasteiger partial charge >= 0.3 is 7.82 Å². The fraction of sp³-hybridized carbons (Fsp3) is 1.00. The smallest absolute Gasteiger partial charge is 0.306 e. The molecule has 0 bridgehead atoms. The molecule has 3 N–H and O–H groups in total. The molecule has 0 rings (SSSR count). The molecular formula is C14H34NO4P. The first kappa shape index (κ1) is 22.4. The van der Waals surface area contributed by atoms with E-state index in [-0.39, 0.29) is 0 Å². The highest BCUT2D eigenvalue weighted by atomic mass is 31.2. The molecule has 0 heterocycles. The van der Waals surface area contributed by atoms with Crippen molar-refractivity contribution >= 4 is 7.82 Å². The summed E-state index contributed by atoms with van der Waals surface area (Å²) in [7, 11) is -0.182. The third-order valence-electron chi connectivity index (χ3n) is 3.26.